The van der Waals surface area contributed by atoms with Crippen LogP contribution in [-0.4, -0.2) is 16.6 Å². The number of hydrogen-bond acceptors (Lipinski definition) is 3. The van der Waals surface area contributed by atoms with Crippen molar-refractivity contribution < 1.29 is 13.6 Å². The summed E-state index contributed by atoms with van der Waals surface area (Å²) in [6, 6.07) is 17.0. The lowest BCUT2D eigenvalue weighted by Crippen LogP contribution is -2.27. The quantitative estimate of drug-likeness (QED) is 0.687. The van der Waals surface area contributed by atoms with Crippen LogP contribution in [0.4, 0.5) is 4.39 Å². The van der Waals surface area contributed by atoms with E-state index in [0.717, 1.165) is 11.1 Å². The van der Waals surface area contributed by atoms with Gasteiger partial charge in [-0.3, -0.25) is 4.79 Å². The van der Waals surface area contributed by atoms with Gasteiger partial charge in [0, 0.05) is 12.0 Å². The normalized spacial score (nSPS) is 16.6. The van der Waals surface area contributed by atoms with Gasteiger partial charge in [-0.1, -0.05) is 35.9 Å². The van der Waals surface area contributed by atoms with Crippen molar-refractivity contribution in [1.29, 1.82) is 0 Å². The van der Waals surface area contributed by atoms with E-state index < -0.39 is 5.82 Å². The van der Waals surface area contributed by atoms with Crippen LogP contribution < -0.4 is 0 Å². The lowest BCUT2D eigenvalue weighted by molar-refractivity contribution is 0.0710. The first-order chi connectivity index (χ1) is 12.6. The fourth-order valence-electron chi connectivity index (χ4n) is 3.18. The highest BCUT2D eigenvalue weighted by Gasteiger charge is 2.34. The van der Waals surface area contributed by atoms with Gasteiger partial charge in [0.15, 0.2) is 0 Å². The van der Waals surface area contributed by atoms with E-state index in [-0.39, 0.29) is 17.5 Å². The molecule has 5 heteroatoms. The van der Waals surface area contributed by atoms with E-state index in [4.69, 9.17) is 4.42 Å². The molecule has 0 radical (unpaired) electrons. The molecule has 2 aromatic carbocycles. The number of carbonyl (C=O) groups excluding carboxylic acids is 1. The Labute approximate surface area is 150 Å². The number of hydrazone groups is 1. The fraction of sp³-hybridized carbons (Fsp3) is 0.143. The van der Waals surface area contributed by atoms with Crippen LogP contribution in [0.25, 0.3) is 0 Å². The number of furan rings is 1. The molecule has 0 bridgehead atoms. The van der Waals surface area contributed by atoms with E-state index in [9.17, 15) is 9.18 Å². The zero-order valence-electron chi connectivity index (χ0n) is 14.2. The van der Waals surface area contributed by atoms with Gasteiger partial charge < -0.3 is 4.42 Å². The Balaban J connectivity index is 1.74. The molecule has 1 aliphatic rings. The number of nitrogens with zero attached hydrogens (tertiary/aromatic N) is 2. The van der Waals surface area contributed by atoms with Crippen LogP contribution in [0.3, 0.4) is 0 Å². The molecule has 1 aliphatic heterocycles. The molecule has 2 heterocycles. The first kappa shape index (κ1) is 16.3. The molecule has 0 saturated heterocycles. The molecule has 26 heavy (non-hydrogen) atoms. The van der Waals surface area contributed by atoms with E-state index in [0.29, 0.717) is 17.9 Å². The van der Waals surface area contributed by atoms with Crippen LogP contribution in [0.1, 0.15) is 39.7 Å². The van der Waals surface area contributed by atoms with Crippen LogP contribution in [0, 0.1) is 12.7 Å². The Morgan fingerprint density at radius 3 is 2.73 bits per heavy atom. The molecule has 0 unspecified atom stereocenters. The van der Waals surface area contributed by atoms with E-state index in [1.165, 1.54) is 23.2 Å². The lowest BCUT2D eigenvalue weighted by Gasteiger charge is -2.22. The van der Waals surface area contributed by atoms with Crippen molar-refractivity contribution in [3.8, 4) is 0 Å². The van der Waals surface area contributed by atoms with Gasteiger partial charge in [-0.05, 0) is 42.8 Å². The van der Waals surface area contributed by atoms with Crippen LogP contribution in [0.5, 0.6) is 0 Å². The van der Waals surface area contributed by atoms with Crippen molar-refractivity contribution in [3.05, 3.63) is 95.2 Å². The second-order valence-corrected chi connectivity index (χ2v) is 6.32. The van der Waals surface area contributed by atoms with Crippen molar-refractivity contribution >= 4 is 11.6 Å². The molecule has 0 aliphatic carbocycles. The van der Waals surface area contributed by atoms with Crippen molar-refractivity contribution in [2.24, 2.45) is 5.10 Å². The van der Waals surface area contributed by atoms with Gasteiger partial charge in [-0.25, -0.2) is 9.40 Å². The third kappa shape index (κ3) is 3.04. The Bertz CT molecular complexity index is 979. The molecule has 1 aromatic heterocycles. The smallest absolute Gasteiger partial charge is 0.274 e. The SMILES string of the molecule is Cc1cccc([C@H]2CC(c3ccco3)=NN2C(=O)c2cccc(F)c2)c1. The molecule has 130 valence electrons. The van der Waals surface area contributed by atoms with E-state index in [2.05, 4.69) is 5.10 Å². The minimum atomic E-state index is -0.447. The molecule has 4 nitrogen and oxygen atoms in total. The summed E-state index contributed by atoms with van der Waals surface area (Å²) in [4.78, 5) is 13.0. The zero-order chi connectivity index (χ0) is 18.1. The Hall–Kier alpha value is -3.21. The molecular weight excluding hydrogens is 331 g/mol. The number of benzene rings is 2. The van der Waals surface area contributed by atoms with Crippen molar-refractivity contribution in [2.75, 3.05) is 0 Å². The van der Waals surface area contributed by atoms with Crippen molar-refractivity contribution in [3.63, 3.8) is 0 Å². The van der Waals surface area contributed by atoms with Gasteiger partial charge in [0.1, 0.15) is 17.3 Å². The minimum Gasteiger partial charge on any atom is -0.463 e. The number of rotatable bonds is 3. The van der Waals surface area contributed by atoms with Crippen LogP contribution in [-0.2, 0) is 0 Å². The summed E-state index contributed by atoms with van der Waals surface area (Å²) in [5, 5.41) is 5.94. The van der Waals surface area contributed by atoms with E-state index in [1.807, 2.05) is 37.3 Å². The monoisotopic (exact) mass is 348 g/mol. The molecule has 0 N–H and O–H groups in total. The predicted octanol–water partition coefficient (Wildman–Crippen LogP) is 4.72. The zero-order valence-corrected chi connectivity index (χ0v) is 14.2. The van der Waals surface area contributed by atoms with Gasteiger partial charge in [0.05, 0.1) is 12.3 Å². The van der Waals surface area contributed by atoms with Gasteiger partial charge in [-0.15, -0.1) is 0 Å². The second-order valence-electron chi connectivity index (χ2n) is 6.32. The average Bonchev–Trinajstić information content (AvgIpc) is 3.30. The molecule has 0 spiro atoms. The molecule has 1 amide bonds. The highest BCUT2D eigenvalue weighted by molar-refractivity contribution is 6.03. The number of halogens is 1. The Kier molecular flexibility index (Phi) is 4.13. The van der Waals surface area contributed by atoms with Crippen LogP contribution in [0.2, 0.25) is 0 Å². The minimum absolute atomic E-state index is 0.259. The van der Waals surface area contributed by atoms with Crippen LogP contribution >= 0.6 is 0 Å². The topological polar surface area (TPSA) is 45.8 Å². The number of aryl methyl sites for hydroxylation is 1. The van der Waals surface area contributed by atoms with Crippen molar-refractivity contribution in [2.45, 2.75) is 19.4 Å². The summed E-state index contributed by atoms with van der Waals surface area (Å²) >= 11 is 0. The van der Waals surface area contributed by atoms with Gasteiger partial charge >= 0.3 is 0 Å². The predicted molar refractivity (Wildman–Crippen MR) is 96.4 cm³/mol. The standard InChI is InChI=1S/C21H17FN2O2/c1-14-5-2-6-15(11-14)19-13-18(20-9-4-10-26-20)23-24(19)21(25)16-7-3-8-17(22)12-16/h2-12,19H,13H2,1H3/t19-/m1/s1. The highest BCUT2D eigenvalue weighted by atomic mass is 19.1. The second kappa shape index (κ2) is 6.59. The molecular formula is C21H17FN2O2. The van der Waals surface area contributed by atoms with E-state index >= 15 is 0 Å². The number of hydrogen-bond donors (Lipinski definition) is 0. The maximum atomic E-state index is 13.6. The summed E-state index contributed by atoms with van der Waals surface area (Å²) in [6.07, 6.45) is 2.12. The Morgan fingerprint density at radius 2 is 2.00 bits per heavy atom. The van der Waals surface area contributed by atoms with Gasteiger partial charge in [0.25, 0.3) is 5.91 Å². The van der Waals surface area contributed by atoms with Crippen LogP contribution in [0.15, 0.2) is 76.4 Å². The summed E-state index contributed by atoms with van der Waals surface area (Å²) in [5.74, 6) is -0.146. The third-order valence-corrected chi connectivity index (χ3v) is 4.42. The average molecular weight is 348 g/mol. The van der Waals surface area contributed by atoms with Gasteiger partial charge in [0.2, 0.25) is 0 Å². The summed E-state index contributed by atoms with van der Waals surface area (Å²) < 4.78 is 19.0. The largest absolute Gasteiger partial charge is 0.463 e. The number of amides is 1. The summed E-state index contributed by atoms with van der Waals surface area (Å²) in [6.45, 7) is 2.01. The fourth-order valence-corrected chi connectivity index (χ4v) is 3.18. The molecule has 0 fully saturated rings. The molecule has 3 aromatic rings. The first-order valence-corrected chi connectivity index (χ1v) is 8.39. The Morgan fingerprint density at radius 1 is 1.15 bits per heavy atom. The molecule has 1 atom stereocenters. The van der Waals surface area contributed by atoms with E-state index in [1.54, 1.807) is 18.4 Å². The third-order valence-electron chi connectivity index (χ3n) is 4.42. The summed E-state index contributed by atoms with van der Waals surface area (Å²) in [7, 11) is 0. The summed E-state index contributed by atoms with van der Waals surface area (Å²) in [5.41, 5.74) is 3.06. The first-order valence-electron chi connectivity index (χ1n) is 8.39. The number of carbonyl (C=O) groups is 1. The lowest BCUT2D eigenvalue weighted by atomic mass is 9.99. The van der Waals surface area contributed by atoms with Crippen molar-refractivity contribution in [1.82, 2.24) is 5.01 Å². The highest BCUT2D eigenvalue weighted by Crippen LogP contribution is 2.34. The maximum Gasteiger partial charge on any atom is 0.274 e. The molecule has 4 rings (SSSR count). The van der Waals surface area contributed by atoms with Gasteiger partial charge in [-0.2, -0.15) is 5.10 Å². The molecule has 0 saturated carbocycles. The maximum absolute atomic E-state index is 13.6.